The van der Waals surface area contributed by atoms with E-state index >= 15 is 0 Å². The zero-order valence-electron chi connectivity index (χ0n) is 20.0. The molecule has 2 saturated heterocycles. The number of hydrogen-bond donors (Lipinski definition) is 1. The highest BCUT2D eigenvalue weighted by molar-refractivity contribution is 5.93. The third-order valence-corrected chi connectivity index (χ3v) is 7.03. The molecule has 8 heteroatoms. The van der Waals surface area contributed by atoms with Crippen LogP contribution in [0.15, 0.2) is 30.3 Å². The number of benzene rings is 1. The maximum absolute atomic E-state index is 13.0. The molecule has 0 bridgehead atoms. The Balaban J connectivity index is 1.41. The number of hydrogen-bond acceptors (Lipinski definition) is 7. The average Bonchev–Trinajstić information content (AvgIpc) is 3.73. The summed E-state index contributed by atoms with van der Waals surface area (Å²) in [4.78, 5) is 27.3. The van der Waals surface area contributed by atoms with Gasteiger partial charge in [0.15, 0.2) is 0 Å². The second-order valence-electron chi connectivity index (χ2n) is 9.56. The first-order valence-corrected chi connectivity index (χ1v) is 12.6. The zero-order valence-corrected chi connectivity index (χ0v) is 20.0. The van der Waals surface area contributed by atoms with Crippen molar-refractivity contribution in [3.8, 4) is 5.75 Å². The highest BCUT2D eigenvalue weighted by atomic mass is 16.5. The van der Waals surface area contributed by atoms with Gasteiger partial charge < -0.3 is 24.6 Å². The minimum absolute atomic E-state index is 0.103. The van der Waals surface area contributed by atoms with Gasteiger partial charge in [-0.25, -0.2) is 4.98 Å². The first kappa shape index (κ1) is 22.9. The van der Waals surface area contributed by atoms with E-state index in [9.17, 15) is 4.79 Å². The van der Waals surface area contributed by atoms with Crippen molar-refractivity contribution in [1.29, 1.82) is 0 Å². The van der Waals surface area contributed by atoms with Crippen LogP contribution in [-0.4, -0.2) is 68.4 Å². The van der Waals surface area contributed by atoms with Crippen molar-refractivity contribution in [3.05, 3.63) is 41.6 Å². The van der Waals surface area contributed by atoms with Crippen molar-refractivity contribution in [3.63, 3.8) is 0 Å². The Morgan fingerprint density at radius 1 is 1.09 bits per heavy atom. The normalized spacial score (nSPS) is 20.8. The molecule has 1 unspecified atom stereocenters. The second-order valence-corrected chi connectivity index (χ2v) is 9.56. The van der Waals surface area contributed by atoms with Gasteiger partial charge in [-0.1, -0.05) is 12.1 Å². The Labute approximate surface area is 201 Å². The molecule has 1 N–H and O–H groups in total. The van der Waals surface area contributed by atoms with Crippen molar-refractivity contribution in [2.45, 2.75) is 44.6 Å². The first-order chi connectivity index (χ1) is 16.7. The highest BCUT2D eigenvalue weighted by Crippen LogP contribution is 2.29. The molecule has 1 atom stereocenters. The van der Waals surface area contributed by atoms with Crippen LogP contribution in [0.3, 0.4) is 0 Å². The number of rotatable bonds is 8. The number of piperidine rings is 1. The van der Waals surface area contributed by atoms with Gasteiger partial charge in [0.1, 0.15) is 17.3 Å². The van der Waals surface area contributed by atoms with Crippen molar-refractivity contribution in [1.82, 2.24) is 15.3 Å². The lowest BCUT2D eigenvalue weighted by Crippen LogP contribution is -2.43. The molecule has 1 aliphatic carbocycles. The summed E-state index contributed by atoms with van der Waals surface area (Å²) in [5.74, 6) is 2.87. The third kappa shape index (κ3) is 5.60. The molecule has 3 heterocycles. The lowest BCUT2D eigenvalue weighted by Gasteiger charge is -2.37. The fraction of sp³-hybridized carbons (Fsp3) is 0.577. The highest BCUT2D eigenvalue weighted by Gasteiger charge is 2.28. The van der Waals surface area contributed by atoms with E-state index in [2.05, 4.69) is 27.2 Å². The lowest BCUT2D eigenvalue weighted by atomic mass is 9.96. The van der Waals surface area contributed by atoms with Crippen LogP contribution in [0.1, 0.15) is 48.2 Å². The van der Waals surface area contributed by atoms with Crippen LogP contribution < -0.4 is 19.9 Å². The van der Waals surface area contributed by atoms with Crippen molar-refractivity contribution in [2.75, 3.05) is 56.3 Å². The summed E-state index contributed by atoms with van der Waals surface area (Å²) in [6.45, 7) is 4.52. The first-order valence-electron chi connectivity index (χ1n) is 12.6. The van der Waals surface area contributed by atoms with Crippen molar-refractivity contribution in [2.24, 2.45) is 5.92 Å². The molecule has 0 radical (unpaired) electrons. The largest absolute Gasteiger partial charge is 0.497 e. The Morgan fingerprint density at radius 2 is 1.88 bits per heavy atom. The molecular weight excluding hydrogens is 430 g/mol. The zero-order chi connectivity index (χ0) is 23.3. The van der Waals surface area contributed by atoms with Crippen LogP contribution in [0.4, 0.5) is 11.8 Å². The average molecular weight is 466 g/mol. The van der Waals surface area contributed by atoms with Gasteiger partial charge in [0.2, 0.25) is 5.95 Å². The monoisotopic (exact) mass is 465 g/mol. The fourth-order valence-corrected chi connectivity index (χ4v) is 4.78. The second kappa shape index (κ2) is 10.6. The van der Waals surface area contributed by atoms with E-state index < -0.39 is 0 Å². The molecule has 8 nitrogen and oxygen atoms in total. The molecule has 1 aromatic carbocycles. The number of methoxy groups -OCH3 is 1. The lowest BCUT2D eigenvalue weighted by molar-refractivity contribution is 0.0946. The summed E-state index contributed by atoms with van der Waals surface area (Å²) < 4.78 is 10.8. The number of nitrogens with zero attached hydrogens (tertiary/aromatic N) is 4. The number of nitrogens with one attached hydrogen (secondary N) is 1. The van der Waals surface area contributed by atoms with Crippen LogP contribution in [-0.2, 0) is 11.2 Å². The van der Waals surface area contributed by atoms with E-state index in [4.69, 9.17) is 19.4 Å². The Kier molecular flexibility index (Phi) is 7.13. The van der Waals surface area contributed by atoms with Gasteiger partial charge in [0, 0.05) is 38.3 Å². The third-order valence-electron chi connectivity index (χ3n) is 7.03. The predicted molar refractivity (Wildman–Crippen MR) is 132 cm³/mol. The Bertz CT molecular complexity index is 973. The Hall–Kier alpha value is -2.87. The van der Waals surface area contributed by atoms with E-state index in [0.717, 1.165) is 57.0 Å². The topological polar surface area (TPSA) is 79.8 Å². The minimum Gasteiger partial charge on any atom is -0.497 e. The molecular formula is C26H35N5O3. The van der Waals surface area contributed by atoms with E-state index in [-0.39, 0.29) is 5.91 Å². The molecule has 1 aromatic heterocycles. The Morgan fingerprint density at radius 3 is 2.62 bits per heavy atom. The summed E-state index contributed by atoms with van der Waals surface area (Å²) in [7, 11) is 1.69. The van der Waals surface area contributed by atoms with Crippen LogP contribution in [0.5, 0.6) is 5.75 Å². The summed E-state index contributed by atoms with van der Waals surface area (Å²) in [5.41, 5.74) is 1.73. The van der Waals surface area contributed by atoms with Crippen LogP contribution >= 0.6 is 0 Å². The molecule has 3 aliphatic rings. The summed E-state index contributed by atoms with van der Waals surface area (Å²) in [6.07, 6.45) is 6.70. The smallest absolute Gasteiger partial charge is 0.270 e. The molecule has 2 aromatic rings. The maximum Gasteiger partial charge on any atom is 0.270 e. The summed E-state index contributed by atoms with van der Waals surface area (Å²) in [5, 5.41) is 3.08. The molecule has 1 saturated carbocycles. The molecule has 1 amide bonds. The molecule has 3 fully saturated rings. The fourth-order valence-electron chi connectivity index (χ4n) is 4.78. The van der Waals surface area contributed by atoms with Gasteiger partial charge in [-0.2, -0.15) is 4.98 Å². The predicted octanol–water partition coefficient (Wildman–Crippen LogP) is 3.06. The van der Waals surface area contributed by atoms with E-state index in [0.29, 0.717) is 36.8 Å². The standard InChI is InChI=1S/C26H35N5O3/c1-33-22-9-7-19(8-10-22)16-21-4-2-3-11-31(21)26-28-23(25(32)27-18-20-5-6-20)17-24(29-26)30-12-14-34-15-13-30/h7-10,17,20-21H,2-6,11-16,18H2,1H3,(H,27,32). The maximum atomic E-state index is 13.0. The van der Waals surface area contributed by atoms with E-state index in [1.165, 1.54) is 24.8 Å². The minimum atomic E-state index is -0.103. The number of carbonyl (C=O) groups is 1. The van der Waals surface area contributed by atoms with Crippen LogP contribution in [0.25, 0.3) is 0 Å². The molecule has 0 spiro atoms. The number of anilines is 2. The summed E-state index contributed by atoms with van der Waals surface area (Å²) >= 11 is 0. The molecule has 182 valence electrons. The van der Waals surface area contributed by atoms with Gasteiger partial charge in [-0.15, -0.1) is 0 Å². The number of amides is 1. The summed E-state index contributed by atoms with van der Waals surface area (Å²) in [6, 6.07) is 10.4. The number of aromatic nitrogens is 2. The van der Waals surface area contributed by atoms with E-state index in [1.807, 2.05) is 18.2 Å². The van der Waals surface area contributed by atoms with Crippen molar-refractivity contribution >= 4 is 17.7 Å². The quantitative estimate of drug-likeness (QED) is 0.642. The van der Waals surface area contributed by atoms with E-state index in [1.54, 1.807) is 7.11 Å². The molecule has 5 rings (SSSR count). The van der Waals surface area contributed by atoms with Crippen LogP contribution in [0.2, 0.25) is 0 Å². The van der Waals surface area contributed by atoms with Gasteiger partial charge in [-0.05, 0) is 62.1 Å². The molecule has 34 heavy (non-hydrogen) atoms. The van der Waals surface area contributed by atoms with Gasteiger partial charge in [-0.3, -0.25) is 4.79 Å². The van der Waals surface area contributed by atoms with Gasteiger partial charge in [0.25, 0.3) is 5.91 Å². The number of morpholine rings is 1. The van der Waals surface area contributed by atoms with Crippen LogP contribution in [0, 0.1) is 5.92 Å². The van der Waals surface area contributed by atoms with Gasteiger partial charge in [0.05, 0.1) is 20.3 Å². The SMILES string of the molecule is COc1ccc(CC2CCCCN2c2nc(C(=O)NCC3CC3)cc(N3CCOCC3)n2)cc1. The van der Waals surface area contributed by atoms with Crippen molar-refractivity contribution < 1.29 is 14.3 Å². The number of carbonyl (C=O) groups excluding carboxylic acids is 1. The van der Waals surface area contributed by atoms with Gasteiger partial charge >= 0.3 is 0 Å². The number of ether oxygens (including phenoxy) is 2. The molecule has 2 aliphatic heterocycles.